The molecule has 1 saturated heterocycles. The Hall–Kier alpha value is -1.92. The third-order valence-corrected chi connectivity index (χ3v) is 5.18. The van der Waals surface area contributed by atoms with E-state index in [1.807, 2.05) is 12.1 Å². The van der Waals surface area contributed by atoms with Gasteiger partial charge in [-0.1, -0.05) is 23.7 Å². The Kier molecular flexibility index (Phi) is 4.37. The summed E-state index contributed by atoms with van der Waals surface area (Å²) in [4.78, 5) is 25.8. The van der Waals surface area contributed by atoms with Gasteiger partial charge in [0.1, 0.15) is 0 Å². The molecule has 0 aliphatic carbocycles. The molecule has 7 heteroatoms. The largest absolute Gasteiger partial charge is 0.481 e. The van der Waals surface area contributed by atoms with Crippen LogP contribution in [-0.4, -0.2) is 39.3 Å². The number of halogens is 1. The minimum Gasteiger partial charge on any atom is -0.481 e. The van der Waals surface area contributed by atoms with Crippen molar-refractivity contribution in [3.8, 4) is 0 Å². The summed E-state index contributed by atoms with van der Waals surface area (Å²) in [5.74, 6) is -1.90. The number of aliphatic carboxylic acids is 1. The van der Waals surface area contributed by atoms with E-state index in [1.165, 1.54) is 11.5 Å². The Labute approximate surface area is 142 Å². The molecule has 2 aromatic rings. The molecule has 0 bridgehead atoms. The van der Waals surface area contributed by atoms with Gasteiger partial charge >= 0.3 is 5.97 Å². The molecule has 23 heavy (non-hydrogen) atoms. The standard InChI is InChI=1S/C16H15ClN2O3S/c1-9-14(8-23-18-9)15(20)19-6-12(13(7-19)16(21)22)10-2-4-11(17)5-3-10/h2-5,8,12-13H,6-7H2,1H3,(H,21,22)/t12-,13+/m0/s1. The highest BCUT2D eigenvalue weighted by atomic mass is 35.5. The third kappa shape index (κ3) is 3.09. The highest BCUT2D eigenvalue weighted by Crippen LogP contribution is 2.34. The van der Waals surface area contributed by atoms with Gasteiger partial charge in [0.05, 0.1) is 17.2 Å². The van der Waals surface area contributed by atoms with Crippen molar-refractivity contribution in [2.24, 2.45) is 5.92 Å². The second kappa shape index (κ2) is 6.29. The van der Waals surface area contributed by atoms with Crippen LogP contribution in [0.5, 0.6) is 0 Å². The average Bonchev–Trinajstić information content (AvgIpc) is 3.14. The molecule has 1 amide bonds. The summed E-state index contributed by atoms with van der Waals surface area (Å²) in [6, 6.07) is 7.14. The molecule has 1 N–H and O–H groups in total. The summed E-state index contributed by atoms with van der Waals surface area (Å²) in [5.41, 5.74) is 2.12. The first kappa shape index (κ1) is 16.0. The van der Waals surface area contributed by atoms with Crippen LogP contribution >= 0.6 is 23.1 Å². The molecular weight excluding hydrogens is 336 g/mol. The Bertz CT molecular complexity index is 744. The molecule has 2 heterocycles. The number of carboxylic acid groups (broad SMARTS) is 1. The van der Waals surface area contributed by atoms with Crippen LogP contribution in [0, 0.1) is 12.8 Å². The summed E-state index contributed by atoms with van der Waals surface area (Å²) >= 11 is 7.13. The fourth-order valence-corrected chi connectivity index (χ4v) is 3.75. The first-order chi connectivity index (χ1) is 11.0. The molecule has 1 aromatic carbocycles. The van der Waals surface area contributed by atoms with Crippen LogP contribution in [0.1, 0.15) is 27.5 Å². The molecule has 2 atom stereocenters. The van der Waals surface area contributed by atoms with Crippen molar-refractivity contribution in [3.05, 3.63) is 51.5 Å². The maximum atomic E-state index is 12.6. The first-order valence-corrected chi connectivity index (χ1v) is 8.37. The van der Waals surface area contributed by atoms with Crippen molar-refractivity contribution < 1.29 is 14.7 Å². The summed E-state index contributed by atoms with van der Waals surface area (Å²) in [6.45, 7) is 2.37. The zero-order valence-corrected chi connectivity index (χ0v) is 14.0. The number of carboxylic acids is 1. The molecule has 1 aromatic heterocycles. The fourth-order valence-electron chi connectivity index (χ4n) is 2.94. The second-order valence-corrected chi connectivity index (χ2v) is 6.69. The van der Waals surface area contributed by atoms with Crippen LogP contribution in [0.3, 0.4) is 0 Å². The van der Waals surface area contributed by atoms with E-state index in [0.717, 1.165) is 5.56 Å². The van der Waals surface area contributed by atoms with E-state index >= 15 is 0 Å². The van der Waals surface area contributed by atoms with E-state index in [4.69, 9.17) is 11.6 Å². The van der Waals surface area contributed by atoms with Gasteiger partial charge < -0.3 is 10.0 Å². The fraction of sp³-hybridized carbons (Fsp3) is 0.312. The Morgan fingerprint density at radius 1 is 1.30 bits per heavy atom. The number of rotatable bonds is 3. The van der Waals surface area contributed by atoms with Crippen LogP contribution in [0.2, 0.25) is 5.02 Å². The number of carbonyl (C=O) groups is 2. The lowest BCUT2D eigenvalue weighted by molar-refractivity contribution is -0.141. The molecular formula is C16H15ClN2O3S. The SMILES string of the molecule is Cc1nscc1C(=O)N1C[C@@H](C(=O)O)[C@H](c2ccc(Cl)cc2)C1. The molecule has 5 nitrogen and oxygen atoms in total. The molecule has 1 fully saturated rings. The minimum atomic E-state index is -0.889. The third-order valence-electron chi connectivity index (χ3n) is 4.20. The van der Waals surface area contributed by atoms with Crippen LogP contribution < -0.4 is 0 Å². The van der Waals surface area contributed by atoms with Crippen LogP contribution in [0.25, 0.3) is 0 Å². The van der Waals surface area contributed by atoms with Gasteiger partial charge in [0.15, 0.2) is 0 Å². The predicted octanol–water partition coefficient (Wildman–Crippen LogP) is 3.05. The molecule has 1 aliphatic rings. The number of amides is 1. The monoisotopic (exact) mass is 350 g/mol. The number of aromatic nitrogens is 1. The first-order valence-electron chi connectivity index (χ1n) is 7.16. The normalized spacial score (nSPS) is 20.7. The molecule has 0 radical (unpaired) electrons. The lowest BCUT2D eigenvalue weighted by Crippen LogP contribution is -2.30. The number of aryl methyl sites for hydroxylation is 1. The predicted molar refractivity (Wildman–Crippen MR) is 88.1 cm³/mol. The van der Waals surface area contributed by atoms with E-state index < -0.39 is 11.9 Å². The van der Waals surface area contributed by atoms with Gasteiger partial charge in [0.2, 0.25) is 0 Å². The number of benzene rings is 1. The molecule has 0 spiro atoms. The van der Waals surface area contributed by atoms with Crippen molar-refractivity contribution in [3.63, 3.8) is 0 Å². The number of hydrogen-bond donors (Lipinski definition) is 1. The van der Waals surface area contributed by atoms with Crippen molar-refractivity contribution in [2.75, 3.05) is 13.1 Å². The van der Waals surface area contributed by atoms with Gasteiger partial charge in [0, 0.05) is 29.4 Å². The van der Waals surface area contributed by atoms with E-state index in [2.05, 4.69) is 4.37 Å². The van der Waals surface area contributed by atoms with Crippen molar-refractivity contribution in [2.45, 2.75) is 12.8 Å². The summed E-state index contributed by atoms with van der Waals surface area (Å²) in [5, 5.41) is 11.8. The topological polar surface area (TPSA) is 70.5 Å². The zero-order chi connectivity index (χ0) is 16.6. The molecule has 120 valence electrons. The Morgan fingerprint density at radius 3 is 2.57 bits per heavy atom. The van der Waals surface area contributed by atoms with E-state index in [0.29, 0.717) is 22.8 Å². The summed E-state index contributed by atoms with van der Waals surface area (Å²) < 4.78 is 4.11. The van der Waals surface area contributed by atoms with Crippen LogP contribution in [0.4, 0.5) is 0 Å². The van der Waals surface area contributed by atoms with Gasteiger partial charge in [-0.05, 0) is 36.2 Å². The highest BCUT2D eigenvalue weighted by Gasteiger charge is 2.41. The lowest BCUT2D eigenvalue weighted by atomic mass is 9.89. The van der Waals surface area contributed by atoms with Crippen molar-refractivity contribution >= 4 is 35.0 Å². The lowest BCUT2D eigenvalue weighted by Gasteiger charge is -2.16. The summed E-state index contributed by atoms with van der Waals surface area (Å²) in [7, 11) is 0. The number of hydrogen-bond acceptors (Lipinski definition) is 4. The van der Waals surface area contributed by atoms with Crippen LogP contribution in [0.15, 0.2) is 29.6 Å². The van der Waals surface area contributed by atoms with Gasteiger partial charge in [0.25, 0.3) is 5.91 Å². The van der Waals surface area contributed by atoms with Gasteiger partial charge in [-0.3, -0.25) is 9.59 Å². The Balaban J connectivity index is 1.86. The molecule has 0 saturated carbocycles. The number of carbonyl (C=O) groups excluding carboxylic acids is 1. The maximum Gasteiger partial charge on any atom is 0.308 e. The van der Waals surface area contributed by atoms with Gasteiger partial charge in [-0.15, -0.1) is 0 Å². The zero-order valence-electron chi connectivity index (χ0n) is 12.4. The van der Waals surface area contributed by atoms with Crippen LogP contribution in [-0.2, 0) is 4.79 Å². The Morgan fingerprint density at radius 2 is 2.00 bits per heavy atom. The van der Waals surface area contributed by atoms with Crippen molar-refractivity contribution in [1.82, 2.24) is 9.27 Å². The number of nitrogens with zero attached hydrogens (tertiary/aromatic N) is 2. The van der Waals surface area contributed by atoms with Gasteiger partial charge in [-0.2, -0.15) is 4.37 Å². The quantitative estimate of drug-likeness (QED) is 0.923. The highest BCUT2D eigenvalue weighted by molar-refractivity contribution is 7.03. The number of likely N-dealkylation sites (tertiary alicyclic amines) is 1. The van der Waals surface area contributed by atoms with E-state index in [-0.39, 0.29) is 18.4 Å². The maximum absolute atomic E-state index is 12.6. The smallest absolute Gasteiger partial charge is 0.308 e. The van der Waals surface area contributed by atoms with E-state index in [9.17, 15) is 14.7 Å². The average molecular weight is 351 g/mol. The molecule has 3 rings (SSSR count). The summed E-state index contributed by atoms with van der Waals surface area (Å²) in [6.07, 6.45) is 0. The van der Waals surface area contributed by atoms with E-state index in [1.54, 1.807) is 29.3 Å². The molecule has 0 unspecified atom stereocenters. The molecule has 1 aliphatic heterocycles. The van der Waals surface area contributed by atoms with Crippen molar-refractivity contribution in [1.29, 1.82) is 0 Å². The second-order valence-electron chi connectivity index (χ2n) is 5.63. The minimum absolute atomic E-state index is 0.154. The van der Waals surface area contributed by atoms with Gasteiger partial charge in [-0.25, -0.2) is 0 Å².